The maximum Gasteiger partial charge on any atom is 0.0580 e. The molecule has 1 unspecified atom stereocenters. The Morgan fingerprint density at radius 3 is 2.81 bits per heavy atom. The summed E-state index contributed by atoms with van der Waals surface area (Å²) in [6, 6.07) is 6.41. The molecule has 0 spiro atoms. The second kappa shape index (κ2) is 6.49. The zero-order valence-electron chi connectivity index (χ0n) is 10.4. The van der Waals surface area contributed by atoms with E-state index in [2.05, 4.69) is 38.6 Å². The molecular weight excluding hydrogens is 196 g/mol. The van der Waals surface area contributed by atoms with E-state index in [0.717, 1.165) is 25.7 Å². The third kappa shape index (κ3) is 4.19. The van der Waals surface area contributed by atoms with Crippen LogP contribution in [0.1, 0.15) is 36.0 Å². The van der Waals surface area contributed by atoms with Crippen LogP contribution >= 0.6 is 0 Å². The maximum atomic E-state index is 9.91. The molecule has 0 heterocycles. The van der Waals surface area contributed by atoms with E-state index in [1.54, 1.807) is 0 Å². The van der Waals surface area contributed by atoms with Crippen LogP contribution in [0.3, 0.4) is 0 Å². The van der Waals surface area contributed by atoms with Crippen molar-refractivity contribution in [3.63, 3.8) is 0 Å². The molecule has 1 rings (SSSR count). The van der Waals surface area contributed by atoms with E-state index in [1.165, 1.54) is 16.7 Å². The lowest BCUT2D eigenvalue weighted by Gasteiger charge is -2.12. The van der Waals surface area contributed by atoms with Gasteiger partial charge in [-0.1, -0.05) is 29.8 Å². The van der Waals surface area contributed by atoms with Crippen molar-refractivity contribution in [3.05, 3.63) is 47.5 Å². The van der Waals surface area contributed by atoms with E-state index in [4.69, 9.17) is 0 Å². The number of rotatable bonds is 6. The fourth-order valence-corrected chi connectivity index (χ4v) is 1.87. The number of aliphatic hydroxyl groups excluding tert-OH is 1. The predicted octanol–water partition coefficient (Wildman–Crippen LogP) is 3.56. The molecule has 0 bridgehead atoms. The van der Waals surface area contributed by atoms with Crippen LogP contribution < -0.4 is 0 Å². The van der Waals surface area contributed by atoms with Gasteiger partial charge in [-0.3, -0.25) is 0 Å². The molecule has 1 aromatic rings. The third-order valence-corrected chi connectivity index (χ3v) is 2.91. The zero-order valence-corrected chi connectivity index (χ0v) is 10.4. The first-order valence-corrected chi connectivity index (χ1v) is 5.98. The summed E-state index contributed by atoms with van der Waals surface area (Å²) in [4.78, 5) is 0. The lowest BCUT2D eigenvalue weighted by molar-refractivity contribution is 0.162. The van der Waals surface area contributed by atoms with E-state index >= 15 is 0 Å². The van der Waals surface area contributed by atoms with Gasteiger partial charge in [-0.2, -0.15) is 0 Å². The van der Waals surface area contributed by atoms with Gasteiger partial charge in [0.05, 0.1) is 6.10 Å². The minimum Gasteiger partial charge on any atom is -0.393 e. The Labute approximate surface area is 98.8 Å². The Morgan fingerprint density at radius 1 is 1.38 bits per heavy atom. The summed E-state index contributed by atoms with van der Waals surface area (Å²) in [5.74, 6) is 0. The zero-order chi connectivity index (χ0) is 12.0. The Hall–Kier alpha value is -1.08. The summed E-state index contributed by atoms with van der Waals surface area (Å²) in [6.45, 7) is 7.88. The van der Waals surface area contributed by atoms with Crippen LogP contribution in [0.4, 0.5) is 0 Å². The molecule has 0 saturated carbocycles. The molecule has 1 atom stereocenters. The van der Waals surface area contributed by atoms with Gasteiger partial charge in [-0.15, -0.1) is 6.58 Å². The van der Waals surface area contributed by atoms with Crippen LogP contribution in [0.2, 0.25) is 0 Å². The number of unbranched alkanes of at least 4 members (excludes halogenated alkanes) is 1. The highest BCUT2D eigenvalue weighted by Crippen LogP contribution is 2.15. The molecule has 0 fully saturated rings. The third-order valence-electron chi connectivity index (χ3n) is 2.91. The fraction of sp³-hybridized carbons (Fsp3) is 0.467. The fourth-order valence-electron chi connectivity index (χ4n) is 1.87. The second-order valence-corrected chi connectivity index (χ2v) is 4.51. The molecule has 0 aliphatic rings. The van der Waals surface area contributed by atoms with Crippen molar-refractivity contribution in [1.82, 2.24) is 0 Å². The highest BCUT2D eigenvalue weighted by Gasteiger charge is 2.07. The topological polar surface area (TPSA) is 20.2 Å². The van der Waals surface area contributed by atoms with Crippen LogP contribution in [0, 0.1) is 13.8 Å². The average Bonchev–Trinajstić information content (AvgIpc) is 2.24. The molecule has 0 amide bonds. The van der Waals surface area contributed by atoms with Gasteiger partial charge in [0, 0.05) is 0 Å². The summed E-state index contributed by atoms with van der Waals surface area (Å²) in [5, 5.41) is 9.91. The van der Waals surface area contributed by atoms with Gasteiger partial charge in [0.1, 0.15) is 0 Å². The van der Waals surface area contributed by atoms with E-state index in [0.29, 0.717) is 0 Å². The summed E-state index contributed by atoms with van der Waals surface area (Å²) in [7, 11) is 0. The largest absolute Gasteiger partial charge is 0.393 e. The molecule has 16 heavy (non-hydrogen) atoms. The number of hydrogen-bond acceptors (Lipinski definition) is 1. The first-order valence-electron chi connectivity index (χ1n) is 5.98. The molecule has 88 valence electrons. The number of hydrogen-bond donors (Lipinski definition) is 1. The quantitative estimate of drug-likeness (QED) is 0.571. The van der Waals surface area contributed by atoms with Gasteiger partial charge in [0.25, 0.3) is 0 Å². The van der Waals surface area contributed by atoms with Crippen molar-refractivity contribution in [1.29, 1.82) is 0 Å². The minimum absolute atomic E-state index is 0.222. The van der Waals surface area contributed by atoms with Crippen LogP contribution in [0.25, 0.3) is 0 Å². The molecule has 1 nitrogen and oxygen atoms in total. The Bertz CT molecular complexity index is 341. The number of benzene rings is 1. The normalized spacial score (nSPS) is 12.4. The molecule has 0 aliphatic carbocycles. The number of allylic oxidation sites excluding steroid dienone is 1. The first-order chi connectivity index (χ1) is 7.63. The van der Waals surface area contributed by atoms with Crippen molar-refractivity contribution >= 4 is 0 Å². The van der Waals surface area contributed by atoms with Gasteiger partial charge in [0.15, 0.2) is 0 Å². The molecule has 1 N–H and O–H groups in total. The number of aryl methyl sites for hydroxylation is 2. The van der Waals surface area contributed by atoms with E-state index in [1.807, 2.05) is 6.08 Å². The standard InChI is InChI=1S/C15H22O/c1-4-5-6-7-15(16)11-14-10-12(2)8-9-13(14)3/h4,8-10,15-16H,1,5-7,11H2,2-3H3. The van der Waals surface area contributed by atoms with Crippen LogP contribution in [-0.4, -0.2) is 11.2 Å². The summed E-state index contributed by atoms with van der Waals surface area (Å²) >= 11 is 0. The van der Waals surface area contributed by atoms with Gasteiger partial charge in [-0.25, -0.2) is 0 Å². The summed E-state index contributed by atoms with van der Waals surface area (Å²) in [5.41, 5.74) is 3.80. The van der Waals surface area contributed by atoms with Crippen molar-refractivity contribution in [2.75, 3.05) is 0 Å². The summed E-state index contributed by atoms with van der Waals surface area (Å²) < 4.78 is 0. The van der Waals surface area contributed by atoms with Crippen molar-refractivity contribution < 1.29 is 5.11 Å². The van der Waals surface area contributed by atoms with Crippen LogP contribution in [-0.2, 0) is 6.42 Å². The molecular formula is C15H22O. The van der Waals surface area contributed by atoms with Crippen molar-refractivity contribution in [2.24, 2.45) is 0 Å². The van der Waals surface area contributed by atoms with Gasteiger partial charge < -0.3 is 5.11 Å². The predicted molar refractivity (Wildman–Crippen MR) is 69.7 cm³/mol. The molecule has 0 saturated heterocycles. The van der Waals surface area contributed by atoms with E-state index in [9.17, 15) is 5.11 Å². The minimum atomic E-state index is -0.222. The van der Waals surface area contributed by atoms with Crippen LogP contribution in [0.15, 0.2) is 30.9 Å². The molecule has 1 heteroatoms. The van der Waals surface area contributed by atoms with E-state index < -0.39 is 0 Å². The van der Waals surface area contributed by atoms with Gasteiger partial charge >= 0.3 is 0 Å². The molecule has 1 aromatic carbocycles. The van der Waals surface area contributed by atoms with E-state index in [-0.39, 0.29) is 6.10 Å². The van der Waals surface area contributed by atoms with Gasteiger partial charge in [-0.05, 0) is 50.7 Å². The highest BCUT2D eigenvalue weighted by atomic mass is 16.3. The first kappa shape index (κ1) is 13.0. The van der Waals surface area contributed by atoms with Crippen molar-refractivity contribution in [3.8, 4) is 0 Å². The Morgan fingerprint density at radius 2 is 2.12 bits per heavy atom. The SMILES string of the molecule is C=CCCCC(O)Cc1cc(C)ccc1C. The molecule has 0 aromatic heterocycles. The van der Waals surface area contributed by atoms with Crippen molar-refractivity contribution in [2.45, 2.75) is 45.6 Å². The average molecular weight is 218 g/mol. The lowest BCUT2D eigenvalue weighted by Crippen LogP contribution is -2.11. The smallest absolute Gasteiger partial charge is 0.0580 e. The molecule has 0 radical (unpaired) electrons. The lowest BCUT2D eigenvalue weighted by atomic mass is 9.98. The number of aliphatic hydroxyl groups is 1. The second-order valence-electron chi connectivity index (χ2n) is 4.51. The Kier molecular flexibility index (Phi) is 5.27. The van der Waals surface area contributed by atoms with Gasteiger partial charge in [0.2, 0.25) is 0 Å². The molecule has 0 aliphatic heterocycles. The van der Waals surface area contributed by atoms with Crippen LogP contribution in [0.5, 0.6) is 0 Å². The monoisotopic (exact) mass is 218 g/mol. The Balaban J connectivity index is 2.51. The summed E-state index contributed by atoms with van der Waals surface area (Å²) in [6.07, 6.45) is 5.33. The highest BCUT2D eigenvalue weighted by molar-refractivity contribution is 5.30. The maximum absolute atomic E-state index is 9.91.